The lowest BCUT2D eigenvalue weighted by atomic mass is 10.1. The van der Waals surface area contributed by atoms with Gasteiger partial charge in [-0.2, -0.15) is 0 Å². The predicted octanol–water partition coefficient (Wildman–Crippen LogP) is 4.27. The van der Waals surface area contributed by atoms with E-state index in [0.717, 1.165) is 6.42 Å². The number of H-pyrrole nitrogens is 1. The van der Waals surface area contributed by atoms with Crippen LogP contribution in [0.2, 0.25) is 0 Å². The fraction of sp³-hybridized carbons (Fsp3) is 0.0588. The smallest absolute Gasteiger partial charge is 0.0456 e. The van der Waals surface area contributed by atoms with Gasteiger partial charge in [-0.15, -0.1) is 0 Å². The van der Waals surface area contributed by atoms with Crippen LogP contribution >= 0.6 is 0 Å². The fourth-order valence-electron chi connectivity index (χ4n) is 2.15. The quantitative estimate of drug-likeness (QED) is 0.695. The minimum absolute atomic E-state index is 0.952. The highest BCUT2D eigenvalue weighted by Crippen LogP contribution is 2.19. The summed E-state index contributed by atoms with van der Waals surface area (Å²) in [6.45, 7) is 0. The van der Waals surface area contributed by atoms with Crippen molar-refractivity contribution in [2.45, 2.75) is 6.42 Å². The molecule has 0 unspecified atom stereocenters. The number of rotatable bonds is 3. The van der Waals surface area contributed by atoms with Gasteiger partial charge in [0.15, 0.2) is 0 Å². The Kier molecular flexibility index (Phi) is 2.97. The lowest BCUT2D eigenvalue weighted by molar-refractivity contribution is 1.11. The summed E-state index contributed by atoms with van der Waals surface area (Å²) in [7, 11) is 0. The molecule has 88 valence electrons. The van der Waals surface area contributed by atoms with Crippen LogP contribution in [0, 0.1) is 0 Å². The zero-order valence-corrected chi connectivity index (χ0v) is 10.1. The monoisotopic (exact) mass is 233 g/mol. The van der Waals surface area contributed by atoms with Crippen molar-refractivity contribution in [3.8, 4) is 11.3 Å². The van der Waals surface area contributed by atoms with Crippen molar-refractivity contribution in [1.82, 2.24) is 4.98 Å². The summed E-state index contributed by atoms with van der Waals surface area (Å²) in [5, 5.41) is 0. The largest absolute Gasteiger partial charge is 0.358 e. The number of hydrogen-bond donors (Lipinski definition) is 1. The van der Waals surface area contributed by atoms with Crippen LogP contribution in [0.15, 0.2) is 72.8 Å². The third-order valence-electron chi connectivity index (χ3n) is 3.07. The van der Waals surface area contributed by atoms with Crippen molar-refractivity contribution < 1.29 is 0 Å². The van der Waals surface area contributed by atoms with Crippen molar-refractivity contribution in [2.24, 2.45) is 0 Å². The lowest BCUT2D eigenvalue weighted by Gasteiger charge is -1.99. The normalized spacial score (nSPS) is 10.4. The molecule has 0 radical (unpaired) electrons. The molecule has 1 N–H and O–H groups in total. The van der Waals surface area contributed by atoms with Crippen molar-refractivity contribution >= 4 is 0 Å². The molecule has 1 heteroatoms. The summed E-state index contributed by atoms with van der Waals surface area (Å²) in [5.41, 5.74) is 5.00. The van der Waals surface area contributed by atoms with Gasteiger partial charge < -0.3 is 4.98 Å². The lowest BCUT2D eigenvalue weighted by Crippen LogP contribution is -1.87. The second-order valence-electron chi connectivity index (χ2n) is 4.43. The molecular weight excluding hydrogens is 218 g/mol. The minimum atomic E-state index is 0.952. The molecule has 0 atom stereocenters. The molecule has 1 heterocycles. The van der Waals surface area contributed by atoms with E-state index in [2.05, 4.69) is 65.6 Å². The first kappa shape index (κ1) is 10.8. The van der Waals surface area contributed by atoms with E-state index < -0.39 is 0 Å². The van der Waals surface area contributed by atoms with Crippen LogP contribution in [0.1, 0.15) is 11.3 Å². The Balaban J connectivity index is 1.82. The predicted molar refractivity (Wildman–Crippen MR) is 75.5 cm³/mol. The van der Waals surface area contributed by atoms with Crippen LogP contribution in [0.4, 0.5) is 0 Å². The van der Waals surface area contributed by atoms with Gasteiger partial charge in [0.25, 0.3) is 0 Å². The van der Waals surface area contributed by atoms with Gasteiger partial charge in [-0.05, 0) is 23.3 Å². The van der Waals surface area contributed by atoms with Crippen LogP contribution in [0.25, 0.3) is 11.3 Å². The standard InChI is InChI=1S/C17H15N/c1-3-7-14(8-4-1)13-16-11-12-17(18-16)15-9-5-2-6-10-15/h1-12,18H,13H2. The molecule has 0 spiro atoms. The fourth-order valence-corrected chi connectivity index (χ4v) is 2.15. The first-order chi connectivity index (χ1) is 8.92. The summed E-state index contributed by atoms with van der Waals surface area (Å²) in [4.78, 5) is 3.48. The average molecular weight is 233 g/mol. The van der Waals surface area contributed by atoms with E-state index in [1.807, 2.05) is 12.1 Å². The molecular formula is C17H15N. The van der Waals surface area contributed by atoms with E-state index in [0.29, 0.717) is 0 Å². The molecule has 2 aromatic carbocycles. The van der Waals surface area contributed by atoms with Crippen LogP contribution in [0.5, 0.6) is 0 Å². The third-order valence-corrected chi connectivity index (χ3v) is 3.07. The third kappa shape index (κ3) is 2.35. The van der Waals surface area contributed by atoms with E-state index in [-0.39, 0.29) is 0 Å². The van der Waals surface area contributed by atoms with E-state index in [1.54, 1.807) is 0 Å². The second-order valence-corrected chi connectivity index (χ2v) is 4.43. The molecule has 3 aromatic rings. The highest BCUT2D eigenvalue weighted by Gasteiger charge is 2.01. The number of aromatic nitrogens is 1. The number of aromatic amines is 1. The molecule has 0 aliphatic carbocycles. The maximum absolute atomic E-state index is 3.48. The van der Waals surface area contributed by atoms with Gasteiger partial charge in [-0.3, -0.25) is 0 Å². The van der Waals surface area contributed by atoms with Gasteiger partial charge in [0.05, 0.1) is 0 Å². The Labute approximate surface area is 107 Å². The SMILES string of the molecule is c1ccc(Cc2ccc(-c3ccccc3)[nH]2)cc1. The summed E-state index contributed by atoms with van der Waals surface area (Å²) in [5.74, 6) is 0. The van der Waals surface area contributed by atoms with Crippen molar-refractivity contribution in [3.05, 3.63) is 84.1 Å². The molecule has 0 aliphatic rings. The molecule has 3 rings (SSSR count). The summed E-state index contributed by atoms with van der Waals surface area (Å²) < 4.78 is 0. The molecule has 1 nitrogen and oxygen atoms in total. The maximum Gasteiger partial charge on any atom is 0.0456 e. The number of benzene rings is 2. The zero-order valence-electron chi connectivity index (χ0n) is 10.1. The van der Waals surface area contributed by atoms with Crippen LogP contribution in [0.3, 0.4) is 0 Å². The highest BCUT2D eigenvalue weighted by atomic mass is 14.7. The Morgan fingerprint density at radius 1 is 0.667 bits per heavy atom. The molecule has 0 saturated carbocycles. The van der Waals surface area contributed by atoms with Gasteiger partial charge in [0.2, 0.25) is 0 Å². The van der Waals surface area contributed by atoms with Gasteiger partial charge in [0.1, 0.15) is 0 Å². The molecule has 0 saturated heterocycles. The van der Waals surface area contributed by atoms with Gasteiger partial charge in [-0.1, -0.05) is 60.7 Å². The Morgan fingerprint density at radius 3 is 2.06 bits per heavy atom. The second kappa shape index (κ2) is 4.92. The van der Waals surface area contributed by atoms with Crippen LogP contribution in [-0.4, -0.2) is 4.98 Å². The van der Waals surface area contributed by atoms with Crippen molar-refractivity contribution in [1.29, 1.82) is 0 Å². The molecule has 0 bridgehead atoms. The maximum atomic E-state index is 3.48. The summed E-state index contributed by atoms with van der Waals surface area (Å²) in [6, 6.07) is 25.2. The Morgan fingerprint density at radius 2 is 1.33 bits per heavy atom. The number of nitrogens with one attached hydrogen (secondary N) is 1. The zero-order chi connectivity index (χ0) is 12.2. The van der Waals surface area contributed by atoms with Gasteiger partial charge in [0, 0.05) is 17.8 Å². The molecule has 0 amide bonds. The van der Waals surface area contributed by atoms with E-state index >= 15 is 0 Å². The van der Waals surface area contributed by atoms with E-state index in [9.17, 15) is 0 Å². The summed E-state index contributed by atoms with van der Waals surface area (Å²) in [6.07, 6.45) is 0.952. The number of hydrogen-bond acceptors (Lipinski definition) is 0. The van der Waals surface area contributed by atoms with Crippen molar-refractivity contribution in [3.63, 3.8) is 0 Å². The Bertz CT molecular complexity index is 608. The molecule has 0 fully saturated rings. The first-order valence-corrected chi connectivity index (χ1v) is 6.19. The van der Waals surface area contributed by atoms with Gasteiger partial charge >= 0.3 is 0 Å². The Hall–Kier alpha value is -2.28. The minimum Gasteiger partial charge on any atom is -0.358 e. The van der Waals surface area contributed by atoms with Crippen LogP contribution < -0.4 is 0 Å². The van der Waals surface area contributed by atoms with Crippen molar-refractivity contribution in [2.75, 3.05) is 0 Å². The van der Waals surface area contributed by atoms with E-state index in [4.69, 9.17) is 0 Å². The summed E-state index contributed by atoms with van der Waals surface area (Å²) >= 11 is 0. The van der Waals surface area contributed by atoms with Crippen LogP contribution in [-0.2, 0) is 6.42 Å². The average Bonchev–Trinajstić information content (AvgIpc) is 2.89. The molecule has 0 aliphatic heterocycles. The molecule has 18 heavy (non-hydrogen) atoms. The first-order valence-electron chi connectivity index (χ1n) is 6.19. The van der Waals surface area contributed by atoms with Gasteiger partial charge in [-0.25, -0.2) is 0 Å². The molecule has 1 aromatic heterocycles. The van der Waals surface area contributed by atoms with E-state index in [1.165, 1.54) is 22.5 Å². The highest BCUT2D eigenvalue weighted by molar-refractivity contribution is 5.59. The topological polar surface area (TPSA) is 15.8 Å².